The highest BCUT2D eigenvalue weighted by atomic mass is 32.2. The van der Waals surface area contributed by atoms with Gasteiger partial charge < -0.3 is 4.74 Å². The zero-order valence-corrected chi connectivity index (χ0v) is 16.0. The van der Waals surface area contributed by atoms with Crippen molar-refractivity contribution in [3.63, 3.8) is 0 Å². The molecule has 0 saturated heterocycles. The second kappa shape index (κ2) is 9.03. The molecule has 2 rings (SSSR count). The summed E-state index contributed by atoms with van der Waals surface area (Å²) in [5, 5.41) is 11.4. The number of benzene rings is 1. The maximum atomic E-state index is 12.4. The number of hydrogen-bond donors (Lipinski definition) is 1. The fourth-order valence-electron chi connectivity index (χ4n) is 1.85. The molecule has 1 aromatic heterocycles. The Kier molecular flexibility index (Phi) is 7.05. The van der Waals surface area contributed by atoms with Crippen molar-refractivity contribution in [2.24, 2.45) is 5.92 Å². The van der Waals surface area contributed by atoms with Gasteiger partial charge in [0.2, 0.25) is 5.13 Å². The van der Waals surface area contributed by atoms with E-state index in [4.69, 9.17) is 4.74 Å². The van der Waals surface area contributed by atoms with Crippen molar-refractivity contribution in [1.82, 2.24) is 10.2 Å². The standard InChI is InChI=1S/C17H23N3O2S2/c1-5-14(22-13-8-6-12(4)7-9-13)15(21)18-16-19-20-17(24-16)23-10-11(2)3/h6-9,11,14H,5,10H2,1-4H3,(H,18,19,21). The van der Waals surface area contributed by atoms with Gasteiger partial charge in [0.1, 0.15) is 5.75 Å². The van der Waals surface area contributed by atoms with E-state index < -0.39 is 6.10 Å². The molecule has 130 valence electrons. The molecular formula is C17H23N3O2S2. The summed E-state index contributed by atoms with van der Waals surface area (Å²) in [7, 11) is 0. The van der Waals surface area contributed by atoms with Gasteiger partial charge in [-0.05, 0) is 31.4 Å². The maximum absolute atomic E-state index is 12.4. The molecule has 1 unspecified atom stereocenters. The number of anilines is 1. The number of ether oxygens (including phenoxy) is 1. The third-order valence-corrected chi connectivity index (χ3v) is 5.54. The van der Waals surface area contributed by atoms with Crippen LogP contribution in [0.3, 0.4) is 0 Å². The van der Waals surface area contributed by atoms with Gasteiger partial charge in [0.15, 0.2) is 10.4 Å². The summed E-state index contributed by atoms with van der Waals surface area (Å²) >= 11 is 3.05. The Balaban J connectivity index is 1.92. The molecule has 5 nitrogen and oxygen atoms in total. The molecule has 0 spiro atoms. The number of aryl methyl sites for hydroxylation is 1. The van der Waals surface area contributed by atoms with Crippen LogP contribution >= 0.6 is 23.1 Å². The van der Waals surface area contributed by atoms with Crippen LogP contribution in [0, 0.1) is 12.8 Å². The molecule has 1 N–H and O–H groups in total. The van der Waals surface area contributed by atoms with Crippen molar-refractivity contribution in [2.45, 2.75) is 44.6 Å². The van der Waals surface area contributed by atoms with Crippen LogP contribution in [0.1, 0.15) is 32.8 Å². The van der Waals surface area contributed by atoms with E-state index in [2.05, 4.69) is 29.4 Å². The molecule has 0 bridgehead atoms. The van der Waals surface area contributed by atoms with Crippen LogP contribution in [0.2, 0.25) is 0 Å². The summed E-state index contributed by atoms with van der Waals surface area (Å²) in [6, 6.07) is 7.67. The van der Waals surface area contributed by atoms with Gasteiger partial charge in [-0.2, -0.15) is 0 Å². The Bertz CT molecular complexity index is 656. The van der Waals surface area contributed by atoms with Gasteiger partial charge in [0, 0.05) is 5.75 Å². The van der Waals surface area contributed by atoms with Crippen LogP contribution in [0.15, 0.2) is 28.6 Å². The van der Waals surface area contributed by atoms with Crippen LogP contribution in [0.4, 0.5) is 5.13 Å². The van der Waals surface area contributed by atoms with E-state index in [1.54, 1.807) is 11.8 Å². The zero-order chi connectivity index (χ0) is 17.5. The number of carbonyl (C=O) groups is 1. The zero-order valence-electron chi connectivity index (χ0n) is 14.4. The highest BCUT2D eigenvalue weighted by molar-refractivity contribution is 8.01. The van der Waals surface area contributed by atoms with Gasteiger partial charge in [-0.1, -0.05) is 61.6 Å². The molecule has 0 aliphatic heterocycles. The third kappa shape index (κ3) is 5.79. The SMILES string of the molecule is CCC(Oc1ccc(C)cc1)C(=O)Nc1nnc(SCC(C)C)s1. The second-order valence-corrected chi connectivity index (χ2v) is 8.14. The number of rotatable bonds is 8. The molecule has 0 fully saturated rings. The Morgan fingerprint density at radius 2 is 2.00 bits per heavy atom. The predicted octanol–water partition coefficient (Wildman–Crippen LogP) is 4.39. The van der Waals surface area contributed by atoms with Gasteiger partial charge >= 0.3 is 0 Å². The summed E-state index contributed by atoms with van der Waals surface area (Å²) in [6.07, 6.45) is 0.0244. The summed E-state index contributed by atoms with van der Waals surface area (Å²) in [6.45, 7) is 8.25. The van der Waals surface area contributed by atoms with Crippen molar-refractivity contribution >= 4 is 34.1 Å². The lowest BCUT2D eigenvalue weighted by Crippen LogP contribution is -2.32. The van der Waals surface area contributed by atoms with Crippen LogP contribution in [-0.4, -0.2) is 28.0 Å². The van der Waals surface area contributed by atoms with Crippen LogP contribution in [0.25, 0.3) is 0 Å². The Morgan fingerprint density at radius 3 is 2.62 bits per heavy atom. The molecule has 1 amide bonds. The smallest absolute Gasteiger partial charge is 0.267 e. The highest BCUT2D eigenvalue weighted by Crippen LogP contribution is 2.27. The molecule has 0 aliphatic carbocycles. The fraction of sp³-hybridized carbons (Fsp3) is 0.471. The first-order chi connectivity index (χ1) is 11.5. The lowest BCUT2D eigenvalue weighted by molar-refractivity contribution is -0.122. The van der Waals surface area contributed by atoms with E-state index in [1.165, 1.54) is 11.3 Å². The minimum atomic E-state index is -0.552. The minimum absolute atomic E-state index is 0.199. The first-order valence-corrected chi connectivity index (χ1v) is 9.78. The number of carbonyl (C=O) groups excluding carboxylic acids is 1. The molecule has 0 saturated carbocycles. The molecule has 2 aromatic rings. The van der Waals surface area contributed by atoms with Gasteiger partial charge in [-0.15, -0.1) is 10.2 Å². The molecule has 1 aromatic carbocycles. The van der Waals surface area contributed by atoms with E-state index >= 15 is 0 Å². The van der Waals surface area contributed by atoms with Crippen LogP contribution in [-0.2, 0) is 4.79 Å². The van der Waals surface area contributed by atoms with E-state index in [-0.39, 0.29) is 5.91 Å². The fourth-order valence-corrected chi connectivity index (χ4v) is 3.58. The molecule has 24 heavy (non-hydrogen) atoms. The summed E-state index contributed by atoms with van der Waals surface area (Å²) in [5.74, 6) is 2.06. The lowest BCUT2D eigenvalue weighted by atomic mass is 10.2. The normalized spacial score (nSPS) is 12.2. The number of hydrogen-bond acceptors (Lipinski definition) is 6. The quantitative estimate of drug-likeness (QED) is 0.555. The Hall–Kier alpha value is -1.60. The number of nitrogens with zero attached hydrogens (tertiary/aromatic N) is 2. The minimum Gasteiger partial charge on any atom is -0.481 e. The molecule has 0 radical (unpaired) electrons. The van der Waals surface area contributed by atoms with Crippen molar-refractivity contribution in [3.05, 3.63) is 29.8 Å². The van der Waals surface area contributed by atoms with Gasteiger partial charge in [-0.3, -0.25) is 10.1 Å². The second-order valence-electron chi connectivity index (χ2n) is 5.90. The summed E-state index contributed by atoms with van der Waals surface area (Å²) < 4.78 is 6.64. The molecular weight excluding hydrogens is 342 g/mol. The lowest BCUT2D eigenvalue weighted by Gasteiger charge is -2.16. The van der Waals surface area contributed by atoms with Crippen molar-refractivity contribution in [3.8, 4) is 5.75 Å². The molecule has 1 atom stereocenters. The van der Waals surface area contributed by atoms with Gasteiger partial charge in [0.25, 0.3) is 5.91 Å². The van der Waals surface area contributed by atoms with Gasteiger partial charge in [0.05, 0.1) is 0 Å². The van der Waals surface area contributed by atoms with Crippen molar-refractivity contribution in [2.75, 3.05) is 11.1 Å². The Labute approximate surface area is 151 Å². The average molecular weight is 366 g/mol. The van der Waals surface area contributed by atoms with Crippen molar-refractivity contribution in [1.29, 1.82) is 0 Å². The first kappa shape index (κ1) is 18.7. The molecule has 1 heterocycles. The van der Waals surface area contributed by atoms with Gasteiger partial charge in [-0.25, -0.2) is 0 Å². The monoisotopic (exact) mass is 365 g/mol. The molecule has 7 heteroatoms. The van der Waals surface area contributed by atoms with Crippen LogP contribution in [0.5, 0.6) is 5.75 Å². The maximum Gasteiger partial charge on any atom is 0.267 e. The highest BCUT2D eigenvalue weighted by Gasteiger charge is 2.20. The third-order valence-electron chi connectivity index (χ3n) is 3.14. The first-order valence-electron chi connectivity index (χ1n) is 7.98. The average Bonchev–Trinajstić information content (AvgIpc) is 2.99. The summed E-state index contributed by atoms with van der Waals surface area (Å²) in [5.41, 5.74) is 1.15. The number of nitrogens with one attached hydrogen (secondary N) is 1. The summed E-state index contributed by atoms with van der Waals surface area (Å²) in [4.78, 5) is 12.4. The van der Waals surface area contributed by atoms with E-state index in [9.17, 15) is 4.79 Å². The van der Waals surface area contributed by atoms with E-state index in [0.29, 0.717) is 23.2 Å². The number of amides is 1. The van der Waals surface area contributed by atoms with Crippen molar-refractivity contribution < 1.29 is 9.53 Å². The predicted molar refractivity (Wildman–Crippen MR) is 100.0 cm³/mol. The number of thioether (sulfide) groups is 1. The topological polar surface area (TPSA) is 64.1 Å². The van der Waals surface area contributed by atoms with E-state index in [1.807, 2.05) is 38.1 Å². The largest absolute Gasteiger partial charge is 0.481 e. The molecule has 0 aliphatic rings. The Morgan fingerprint density at radius 1 is 1.29 bits per heavy atom. The van der Waals surface area contributed by atoms with Crippen LogP contribution < -0.4 is 10.1 Å². The van der Waals surface area contributed by atoms with E-state index in [0.717, 1.165) is 15.7 Å². The number of aromatic nitrogens is 2.